The van der Waals surface area contributed by atoms with Crippen LogP contribution in [0, 0.1) is 11.6 Å². The highest BCUT2D eigenvalue weighted by molar-refractivity contribution is 5.23. The van der Waals surface area contributed by atoms with Crippen LogP contribution in [0.25, 0.3) is 0 Å². The highest BCUT2D eigenvalue weighted by atomic mass is 19.2. The number of aromatic nitrogens is 2. The van der Waals surface area contributed by atoms with Crippen LogP contribution in [0.2, 0.25) is 0 Å². The van der Waals surface area contributed by atoms with Gasteiger partial charge in [-0.25, -0.2) is 8.78 Å². The van der Waals surface area contributed by atoms with E-state index in [1.807, 2.05) is 24.6 Å². The molecular weight excluding hydrogens is 274 g/mol. The van der Waals surface area contributed by atoms with Gasteiger partial charge in [0.15, 0.2) is 11.6 Å². The Labute approximate surface area is 122 Å². The normalized spacial score (nSPS) is 12.6. The van der Waals surface area contributed by atoms with Crippen molar-refractivity contribution in [3.05, 3.63) is 52.9 Å². The van der Waals surface area contributed by atoms with Crippen molar-refractivity contribution >= 4 is 0 Å². The van der Waals surface area contributed by atoms with Gasteiger partial charge in [0.1, 0.15) is 0 Å². The van der Waals surface area contributed by atoms with Crippen molar-refractivity contribution < 1.29 is 8.78 Å². The van der Waals surface area contributed by atoms with Crippen LogP contribution in [-0.4, -0.2) is 9.78 Å². The molecule has 2 rings (SSSR count). The largest absolute Gasteiger partial charge is 0.271 e. The fourth-order valence-corrected chi connectivity index (χ4v) is 2.34. The lowest BCUT2D eigenvalue weighted by Gasteiger charge is -2.17. The maximum atomic E-state index is 13.4. The SMILES string of the molecule is CCc1cc(CC(NN)c2ccc(F)c(F)c2)n(CC)n1. The molecule has 3 N–H and O–H groups in total. The number of hydrogen-bond acceptors (Lipinski definition) is 3. The minimum atomic E-state index is -0.869. The number of hydrazine groups is 1. The lowest BCUT2D eigenvalue weighted by molar-refractivity contribution is 0.490. The van der Waals surface area contributed by atoms with Gasteiger partial charge in [-0.05, 0) is 37.1 Å². The third-order valence-electron chi connectivity index (χ3n) is 3.54. The van der Waals surface area contributed by atoms with Gasteiger partial charge in [0.25, 0.3) is 0 Å². The Bertz CT molecular complexity index is 610. The van der Waals surface area contributed by atoms with Crippen molar-refractivity contribution in [2.24, 2.45) is 5.84 Å². The Morgan fingerprint density at radius 2 is 2.00 bits per heavy atom. The van der Waals surface area contributed by atoms with Crippen LogP contribution < -0.4 is 11.3 Å². The summed E-state index contributed by atoms with van der Waals surface area (Å²) < 4.78 is 28.3. The molecule has 1 unspecified atom stereocenters. The lowest BCUT2D eigenvalue weighted by atomic mass is 10.0. The molecule has 0 radical (unpaired) electrons. The monoisotopic (exact) mass is 294 g/mol. The average Bonchev–Trinajstić information content (AvgIpc) is 2.90. The van der Waals surface area contributed by atoms with Gasteiger partial charge in [-0.1, -0.05) is 13.0 Å². The zero-order valence-corrected chi connectivity index (χ0v) is 12.2. The highest BCUT2D eigenvalue weighted by Crippen LogP contribution is 2.20. The maximum absolute atomic E-state index is 13.4. The first-order valence-electron chi connectivity index (χ1n) is 7.05. The molecule has 4 nitrogen and oxygen atoms in total. The Morgan fingerprint density at radius 1 is 1.24 bits per heavy atom. The van der Waals surface area contributed by atoms with Crippen LogP contribution in [0.3, 0.4) is 0 Å². The Kier molecular flexibility index (Phi) is 5.03. The third-order valence-corrected chi connectivity index (χ3v) is 3.54. The number of rotatable bonds is 6. The van der Waals surface area contributed by atoms with Gasteiger partial charge in [0.2, 0.25) is 0 Å². The molecule has 0 aliphatic carbocycles. The van der Waals surface area contributed by atoms with Crippen molar-refractivity contribution in [3.8, 4) is 0 Å². The second-order valence-corrected chi connectivity index (χ2v) is 4.89. The fraction of sp³-hybridized carbons (Fsp3) is 0.400. The summed E-state index contributed by atoms with van der Waals surface area (Å²) in [7, 11) is 0. The second-order valence-electron chi connectivity index (χ2n) is 4.89. The lowest BCUT2D eigenvalue weighted by Crippen LogP contribution is -2.30. The quantitative estimate of drug-likeness (QED) is 0.636. The molecule has 6 heteroatoms. The van der Waals surface area contributed by atoms with E-state index in [-0.39, 0.29) is 6.04 Å². The first-order chi connectivity index (χ1) is 10.1. The van der Waals surface area contributed by atoms with Crippen LogP contribution in [0.15, 0.2) is 24.3 Å². The van der Waals surface area contributed by atoms with Crippen LogP contribution in [0.4, 0.5) is 8.78 Å². The number of halogens is 2. The van der Waals surface area contributed by atoms with Crippen molar-refractivity contribution in [1.82, 2.24) is 15.2 Å². The molecule has 1 atom stereocenters. The van der Waals surface area contributed by atoms with E-state index in [4.69, 9.17) is 5.84 Å². The summed E-state index contributed by atoms with van der Waals surface area (Å²) in [5, 5.41) is 4.47. The van der Waals surface area contributed by atoms with Gasteiger partial charge in [-0.2, -0.15) is 5.10 Å². The Balaban J connectivity index is 2.26. The molecule has 0 saturated heterocycles. The number of nitrogens with one attached hydrogen (secondary N) is 1. The molecule has 0 amide bonds. The van der Waals surface area contributed by atoms with E-state index in [2.05, 4.69) is 10.5 Å². The smallest absolute Gasteiger partial charge is 0.159 e. The van der Waals surface area contributed by atoms with Crippen LogP contribution in [0.1, 0.15) is 36.8 Å². The second kappa shape index (κ2) is 6.78. The summed E-state index contributed by atoms with van der Waals surface area (Å²) in [6.07, 6.45) is 1.41. The molecule has 0 fully saturated rings. The predicted octanol–water partition coefficient (Wildman–Crippen LogP) is 2.49. The average molecular weight is 294 g/mol. The van der Waals surface area contributed by atoms with Gasteiger partial charge < -0.3 is 0 Å². The van der Waals surface area contributed by atoms with E-state index in [0.717, 1.165) is 30.4 Å². The van der Waals surface area contributed by atoms with E-state index in [0.29, 0.717) is 12.0 Å². The van der Waals surface area contributed by atoms with Crippen LogP contribution >= 0.6 is 0 Å². The molecule has 0 aliphatic heterocycles. The zero-order valence-electron chi connectivity index (χ0n) is 12.2. The minimum absolute atomic E-state index is 0.299. The summed E-state index contributed by atoms with van der Waals surface area (Å²) in [5.74, 6) is 3.85. The fourth-order valence-electron chi connectivity index (χ4n) is 2.34. The number of benzene rings is 1. The van der Waals surface area contributed by atoms with Gasteiger partial charge in [-0.3, -0.25) is 16.0 Å². The minimum Gasteiger partial charge on any atom is -0.271 e. The Hall–Kier alpha value is -1.79. The molecule has 0 aliphatic rings. The number of hydrogen-bond donors (Lipinski definition) is 2. The van der Waals surface area contributed by atoms with Crippen LogP contribution in [-0.2, 0) is 19.4 Å². The molecule has 0 saturated carbocycles. The molecule has 0 spiro atoms. The molecule has 0 bridgehead atoms. The van der Waals surface area contributed by atoms with E-state index in [9.17, 15) is 8.78 Å². The number of aryl methyl sites for hydroxylation is 2. The van der Waals surface area contributed by atoms with Crippen LogP contribution in [0.5, 0.6) is 0 Å². The van der Waals surface area contributed by atoms with E-state index < -0.39 is 11.6 Å². The van der Waals surface area contributed by atoms with Crippen molar-refractivity contribution in [2.45, 2.75) is 39.3 Å². The standard InChI is InChI=1S/C15H20F2N4/c1-3-11-8-12(21(4-2)20-11)9-15(19-18)10-5-6-13(16)14(17)7-10/h5-8,15,19H,3-4,9,18H2,1-2H3. The van der Waals surface area contributed by atoms with Crippen molar-refractivity contribution in [3.63, 3.8) is 0 Å². The summed E-state index contributed by atoms with van der Waals surface area (Å²) in [4.78, 5) is 0. The van der Waals surface area contributed by atoms with Crippen molar-refractivity contribution in [2.75, 3.05) is 0 Å². The van der Waals surface area contributed by atoms with E-state index >= 15 is 0 Å². The molecular formula is C15H20F2N4. The summed E-state index contributed by atoms with van der Waals surface area (Å²) >= 11 is 0. The first-order valence-corrected chi connectivity index (χ1v) is 7.05. The summed E-state index contributed by atoms with van der Waals surface area (Å²) in [6.45, 7) is 4.81. The Morgan fingerprint density at radius 3 is 2.57 bits per heavy atom. The predicted molar refractivity (Wildman–Crippen MR) is 77.4 cm³/mol. The third kappa shape index (κ3) is 3.46. The number of nitrogens with zero attached hydrogens (tertiary/aromatic N) is 2. The van der Waals surface area contributed by atoms with E-state index in [1.54, 1.807) is 0 Å². The summed E-state index contributed by atoms with van der Waals surface area (Å²) in [5.41, 5.74) is 5.29. The molecule has 1 aromatic carbocycles. The van der Waals surface area contributed by atoms with Gasteiger partial charge in [0.05, 0.1) is 11.7 Å². The maximum Gasteiger partial charge on any atom is 0.159 e. The van der Waals surface area contributed by atoms with Gasteiger partial charge in [-0.15, -0.1) is 0 Å². The summed E-state index contributed by atoms with van der Waals surface area (Å²) in [6, 6.07) is 5.55. The first kappa shape index (κ1) is 15.6. The molecule has 1 heterocycles. The number of nitrogens with two attached hydrogens (primary N) is 1. The molecule has 114 valence electrons. The molecule has 2 aromatic rings. The molecule has 1 aromatic heterocycles. The topological polar surface area (TPSA) is 55.9 Å². The van der Waals surface area contributed by atoms with E-state index in [1.165, 1.54) is 12.1 Å². The molecule has 21 heavy (non-hydrogen) atoms. The highest BCUT2D eigenvalue weighted by Gasteiger charge is 2.16. The van der Waals surface area contributed by atoms with Gasteiger partial charge >= 0.3 is 0 Å². The van der Waals surface area contributed by atoms with Crippen molar-refractivity contribution in [1.29, 1.82) is 0 Å². The van der Waals surface area contributed by atoms with Gasteiger partial charge in [0, 0.05) is 18.7 Å². The zero-order chi connectivity index (χ0) is 15.4.